The summed E-state index contributed by atoms with van der Waals surface area (Å²) in [5, 5.41) is 0.582. The van der Waals surface area contributed by atoms with Gasteiger partial charge < -0.3 is 5.73 Å². The Labute approximate surface area is 101 Å². The molecule has 1 aliphatic carbocycles. The molecule has 0 aliphatic heterocycles. The van der Waals surface area contributed by atoms with E-state index in [1.807, 2.05) is 0 Å². The molecule has 1 saturated carbocycles. The van der Waals surface area contributed by atoms with Crippen LogP contribution >= 0.6 is 11.6 Å². The van der Waals surface area contributed by atoms with Gasteiger partial charge in [0, 0.05) is 10.6 Å². The Morgan fingerprint density at radius 3 is 2.62 bits per heavy atom. The number of halogens is 2. The normalized spacial score (nSPS) is 30.4. The van der Waals surface area contributed by atoms with Crippen LogP contribution in [-0.2, 0) is 5.54 Å². The molecule has 88 valence electrons. The first kappa shape index (κ1) is 11.9. The predicted molar refractivity (Wildman–Crippen MR) is 64.9 cm³/mol. The number of hydrogen-bond donors (Lipinski definition) is 1. The zero-order chi connectivity index (χ0) is 11.8. The molecular formula is C13H17ClFN. The summed E-state index contributed by atoms with van der Waals surface area (Å²) in [6.07, 6.45) is 3.95. The summed E-state index contributed by atoms with van der Waals surface area (Å²) in [6.45, 7) is 2.23. The number of rotatable bonds is 1. The van der Waals surface area contributed by atoms with Gasteiger partial charge in [0.05, 0.1) is 0 Å². The van der Waals surface area contributed by atoms with E-state index < -0.39 is 5.54 Å². The lowest BCUT2D eigenvalue weighted by molar-refractivity contribution is 0.247. The first-order valence-electron chi connectivity index (χ1n) is 5.76. The molecule has 0 aromatic heterocycles. The van der Waals surface area contributed by atoms with Crippen LogP contribution < -0.4 is 5.73 Å². The molecule has 0 bridgehead atoms. The second-order valence-electron chi connectivity index (χ2n) is 4.96. The van der Waals surface area contributed by atoms with Gasteiger partial charge in [-0.2, -0.15) is 0 Å². The van der Waals surface area contributed by atoms with E-state index in [9.17, 15) is 4.39 Å². The maximum absolute atomic E-state index is 13.2. The molecule has 0 heterocycles. The van der Waals surface area contributed by atoms with Crippen molar-refractivity contribution in [2.24, 2.45) is 11.7 Å². The molecule has 0 radical (unpaired) electrons. The van der Waals surface area contributed by atoms with Crippen LogP contribution in [0.25, 0.3) is 0 Å². The predicted octanol–water partition coefficient (Wildman–Crippen LogP) is 3.84. The molecule has 1 aromatic carbocycles. The lowest BCUT2D eigenvalue weighted by Gasteiger charge is -2.37. The van der Waals surface area contributed by atoms with Crippen LogP contribution in [0, 0.1) is 11.7 Å². The van der Waals surface area contributed by atoms with E-state index >= 15 is 0 Å². The van der Waals surface area contributed by atoms with Gasteiger partial charge in [-0.3, -0.25) is 0 Å². The topological polar surface area (TPSA) is 26.0 Å². The molecule has 1 aromatic rings. The second-order valence-corrected chi connectivity index (χ2v) is 5.37. The number of hydrogen-bond acceptors (Lipinski definition) is 1. The van der Waals surface area contributed by atoms with Crippen LogP contribution in [0.5, 0.6) is 0 Å². The van der Waals surface area contributed by atoms with Gasteiger partial charge in [0.1, 0.15) is 5.82 Å². The molecular weight excluding hydrogens is 225 g/mol. The fraction of sp³-hybridized carbons (Fsp3) is 0.538. The van der Waals surface area contributed by atoms with E-state index in [0.29, 0.717) is 10.9 Å². The van der Waals surface area contributed by atoms with Crippen molar-refractivity contribution in [3.8, 4) is 0 Å². The lowest BCUT2D eigenvalue weighted by atomic mass is 9.74. The van der Waals surface area contributed by atoms with Crippen molar-refractivity contribution in [2.45, 2.75) is 38.1 Å². The number of nitrogens with two attached hydrogens (primary N) is 1. The van der Waals surface area contributed by atoms with E-state index in [1.54, 1.807) is 6.07 Å². The Kier molecular flexibility index (Phi) is 3.22. The molecule has 2 N–H and O–H groups in total. The van der Waals surface area contributed by atoms with E-state index in [1.165, 1.54) is 12.1 Å². The molecule has 0 spiro atoms. The highest BCUT2D eigenvalue weighted by Gasteiger charge is 2.33. The van der Waals surface area contributed by atoms with E-state index in [4.69, 9.17) is 17.3 Å². The van der Waals surface area contributed by atoms with Gasteiger partial charge >= 0.3 is 0 Å². The van der Waals surface area contributed by atoms with Crippen molar-refractivity contribution in [3.63, 3.8) is 0 Å². The standard InChI is InChI=1S/C13H17ClFN/c1-9-4-6-13(16,7-5-9)11-8-10(15)2-3-12(11)14/h2-3,8-9H,4-7,16H2,1H3. The molecule has 16 heavy (non-hydrogen) atoms. The number of benzene rings is 1. The minimum atomic E-state index is -0.439. The summed E-state index contributed by atoms with van der Waals surface area (Å²) in [6, 6.07) is 4.46. The smallest absolute Gasteiger partial charge is 0.123 e. The van der Waals surface area contributed by atoms with Crippen LogP contribution in [0.15, 0.2) is 18.2 Å². The zero-order valence-corrected chi connectivity index (χ0v) is 10.2. The molecule has 1 fully saturated rings. The van der Waals surface area contributed by atoms with Gasteiger partial charge in [0.15, 0.2) is 0 Å². The minimum Gasteiger partial charge on any atom is -0.321 e. The quantitative estimate of drug-likeness (QED) is 0.794. The maximum atomic E-state index is 13.2. The third-order valence-corrected chi connectivity index (χ3v) is 3.96. The Morgan fingerprint density at radius 1 is 1.38 bits per heavy atom. The van der Waals surface area contributed by atoms with E-state index in [2.05, 4.69) is 6.92 Å². The van der Waals surface area contributed by atoms with Crippen molar-refractivity contribution in [2.75, 3.05) is 0 Å². The highest BCUT2D eigenvalue weighted by atomic mass is 35.5. The van der Waals surface area contributed by atoms with E-state index in [0.717, 1.165) is 31.2 Å². The van der Waals surface area contributed by atoms with Gasteiger partial charge in [-0.1, -0.05) is 18.5 Å². The Balaban J connectivity index is 2.32. The van der Waals surface area contributed by atoms with Crippen LogP contribution in [-0.4, -0.2) is 0 Å². The molecule has 0 saturated heterocycles. The average molecular weight is 242 g/mol. The largest absolute Gasteiger partial charge is 0.321 e. The summed E-state index contributed by atoms with van der Waals surface area (Å²) < 4.78 is 13.2. The Morgan fingerprint density at radius 2 is 2.00 bits per heavy atom. The van der Waals surface area contributed by atoms with Crippen molar-refractivity contribution >= 4 is 11.6 Å². The zero-order valence-electron chi connectivity index (χ0n) is 9.47. The van der Waals surface area contributed by atoms with Crippen LogP contribution in [0.4, 0.5) is 4.39 Å². The van der Waals surface area contributed by atoms with Crippen molar-refractivity contribution < 1.29 is 4.39 Å². The van der Waals surface area contributed by atoms with Gasteiger partial charge in [0.2, 0.25) is 0 Å². The Bertz CT molecular complexity index is 384. The van der Waals surface area contributed by atoms with Crippen LogP contribution in [0.2, 0.25) is 5.02 Å². The fourth-order valence-electron chi connectivity index (χ4n) is 2.43. The highest BCUT2D eigenvalue weighted by molar-refractivity contribution is 6.31. The molecule has 0 amide bonds. The first-order valence-corrected chi connectivity index (χ1v) is 6.13. The molecule has 0 atom stereocenters. The summed E-state index contributed by atoms with van der Waals surface area (Å²) in [4.78, 5) is 0. The van der Waals surface area contributed by atoms with Gasteiger partial charge in [-0.25, -0.2) is 4.39 Å². The third-order valence-electron chi connectivity index (χ3n) is 3.63. The average Bonchev–Trinajstić information content (AvgIpc) is 2.26. The second kappa shape index (κ2) is 4.34. The molecule has 1 nitrogen and oxygen atoms in total. The third kappa shape index (κ3) is 2.23. The molecule has 0 unspecified atom stereocenters. The summed E-state index contributed by atoms with van der Waals surface area (Å²) in [5.74, 6) is 0.451. The van der Waals surface area contributed by atoms with Crippen molar-refractivity contribution in [1.82, 2.24) is 0 Å². The van der Waals surface area contributed by atoms with E-state index in [-0.39, 0.29) is 5.82 Å². The van der Waals surface area contributed by atoms with Crippen molar-refractivity contribution in [3.05, 3.63) is 34.6 Å². The summed E-state index contributed by atoms with van der Waals surface area (Å²) in [7, 11) is 0. The van der Waals surface area contributed by atoms with Gasteiger partial charge in [-0.15, -0.1) is 0 Å². The minimum absolute atomic E-state index is 0.261. The van der Waals surface area contributed by atoms with Gasteiger partial charge in [-0.05, 0) is 55.4 Å². The van der Waals surface area contributed by atoms with Crippen molar-refractivity contribution in [1.29, 1.82) is 0 Å². The Hall–Kier alpha value is -0.600. The maximum Gasteiger partial charge on any atom is 0.123 e. The van der Waals surface area contributed by atoms with Crippen LogP contribution in [0.3, 0.4) is 0 Å². The molecule has 1 aliphatic rings. The first-order chi connectivity index (χ1) is 7.51. The fourth-order valence-corrected chi connectivity index (χ4v) is 2.73. The summed E-state index contributed by atoms with van der Waals surface area (Å²) >= 11 is 6.11. The monoisotopic (exact) mass is 241 g/mol. The highest BCUT2D eigenvalue weighted by Crippen LogP contribution is 2.40. The SMILES string of the molecule is CC1CCC(N)(c2cc(F)ccc2Cl)CC1. The molecule has 2 rings (SSSR count). The van der Waals surface area contributed by atoms with Gasteiger partial charge in [0.25, 0.3) is 0 Å². The molecule has 3 heteroatoms. The lowest BCUT2D eigenvalue weighted by Crippen LogP contribution is -2.40. The van der Waals surface area contributed by atoms with Crippen LogP contribution in [0.1, 0.15) is 38.2 Å². The summed E-state index contributed by atoms with van der Waals surface area (Å²) in [5.41, 5.74) is 6.69.